The summed E-state index contributed by atoms with van der Waals surface area (Å²) >= 11 is 2.12. The van der Waals surface area contributed by atoms with E-state index in [-0.39, 0.29) is 11.6 Å². The number of amides is 1. The average molecular weight is 462 g/mol. The maximum Gasteiger partial charge on any atom is 0.262 e. The summed E-state index contributed by atoms with van der Waals surface area (Å²) in [5.74, 6) is 0.737. The van der Waals surface area contributed by atoms with Gasteiger partial charge < -0.3 is 14.8 Å². The highest BCUT2D eigenvalue weighted by Gasteiger charge is 2.15. The quantitative estimate of drug-likeness (QED) is 0.399. The molecule has 1 atom stereocenters. The Morgan fingerprint density at radius 2 is 1.92 bits per heavy atom. The van der Waals surface area contributed by atoms with Gasteiger partial charge in [0.1, 0.15) is 11.6 Å². The van der Waals surface area contributed by atoms with Crippen LogP contribution in [0.5, 0.6) is 11.5 Å². The molecule has 0 bridgehead atoms. The zero-order valence-electron chi connectivity index (χ0n) is 14.7. The number of hydrogen-bond donors (Lipinski definition) is 1. The van der Waals surface area contributed by atoms with Crippen molar-refractivity contribution < 1.29 is 14.3 Å². The Balaban J connectivity index is 2.26. The molecule has 0 fully saturated rings. The smallest absolute Gasteiger partial charge is 0.262 e. The number of benzene rings is 2. The van der Waals surface area contributed by atoms with E-state index in [4.69, 9.17) is 9.47 Å². The van der Waals surface area contributed by atoms with Crippen molar-refractivity contribution in [2.24, 2.45) is 0 Å². The molecule has 0 aliphatic rings. The molecule has 0 aromatic heterocycles. The van der Waals surface area contributed by atoms with Crippen LogP contribution in [0.15, 0.2) is 48.0 Å². The summed E-state index contributed by atoms with van der Waals surface area (Å²) < 4.78 is 11.4. The summed E-state index contributed by atoms with van der Waals surface area (Å²) in [5, 5.41) is 12.2. The molecule has 0 spiro atoms. The second-order valence-corrected chi connectivity index (χ2v) is 6.68. The molecule has 134 valence electrons. The largest absolute Gasteiger partial charge is 0.493 e. The molecule has 2 rings (SSSR count). The maximum atomic E-state index is 12.5. The lowest BCUT2D eigenvalue weighted by Crippen LogP contribution is -2.27. The predicted octanol–water partition coefficient (Wildman–Crippen LogP) is 4.09. The molecule has 5 nitrogen and oxygen atoms in total. The van der Waals surface area contributed by atoms with Gasteiger partial charge in [-0.15, -0.1) is 0 Å². The van der Waals surface area contributed by atoms with Crippen molar-refractivity contribution in [3.8, 4) is 17.6 Å². The molecule has 6 heteroatoms. The fraction of sp³-hybridized carbons (Fsp3) is 0.200. The lowest BCUT2D eigenvalue weighted by atomic mass is 10.1. The van der Waals surface area contributed by atoms with Gasteiger partial charge in [-0.1, -0.05) is 30.3 Å². The molecule has 2 aromatic carbocycles. The Bertz CT molecular complexity index is 857. The highest BCUT2D eigenvalue weighted by atomic mass is 127. The zero-order valence-corrected chi connectivity index (χ0v) is 16.9. The van der Waals surface area contributed by atoms with E-state index >= 15 is 0 Å². The highest BCUT2D eigenvalue weighted by Crippen LogP contribution is 2.34. The number of nitrogens with one attached hydrogen (secondary N) is 1. The van der Waals surface area contributed by atoms with E-state index in [0.717, 1.165) is 9.13 Å². The number of nitriles is 1. The summed E-state index contributed by atoms with van der Waals surface area (Å²) in [5.41, 5.74) is 1.68. The van der Waals surface area contributed by atoms with Crippen LogP contribution in [0.3, 0.4) is 0 Å². The van der Waals surface area contributed by atoms with Crippen LogP contribution in [-0.2, 0) is 4.79 Å². The van der Waals surface area contributed by atoms with E-state index in [1.165, 1.54) is 6.08 Å². The molecule has 0 heterocycles. The summed E-state index contributed by atoms with van der Waals surface area (Å²) in [4.78, 5) is 12.5. The van der Waals surface area contributed by atoms with E-state index in [9.17, 15) is 10.1 Å². The second-order valence-electron chi connectivity index (χ2n) is 5.51. The fourth-order valence-electron chi connectivity index (χ4n) is 2.44. The van der Waals surface area contributed by atoms with Crippen LogP contribution >= 0.6 is 22.6 Å². The molecular formula is C20H19IN2O3. The Morgan fingerprint density at radius 3 is 2.50 bits per heavy atom. The highest BCUT2D eigenvalue weighted by molar-refractivity contribution is 14.1. The molecule has 1 amide bonds. The minimum absolute atomic E-state index is 0.0239. The van der Waals surface area contributed by atoms with Gasteiger partial charge in [0.25, 0.3) is 5.91 Å². The van der Waals surface area contributed by atoms with Gasteiger partial charge in [-0.25, -0.2) is 0 Å². The van der Waals surface area contributed by atoms with Gasteiger partial charge in [0, 0.05) is 0 Å². The molecule has 0 unspecified atom stereocenters. The van der Waals surface area contributed by atoms with Crippen molar-refractivity contribution in [2.45, 2.75) is 13.0 Å². The SMILES string of the molecule is COc1cc(/C=C(\C#N)C(=O)N[C@H](C)c2ccccc2)cc(I)c1OC. The Morgan fingerprint density at radius 1 is 1.23 bits per heavy atom. The van der Waals surface area contributed by atoms with Gasteiger partial charge in [0.2, 0.25) is 0 Å². The van der Waals surface area contributed by atoms with Crippen LogP contribution in [-0.4, -0.2) is 20.1 Å². The van der Waals surface area contributed by atoms with Crippen LogP contribution in [0.2, 0.25) is 0 Å². The molecule has 0 aliphatic heterocycles. The summed E-state index contributed by atoms with van der Waals surface area (Å²) in [6, 6.07) is 14.9. The molecule has 0 saturated carbocycles. The zero-order chi connectivity index (χ0) is 19.1. The van der Waals surface area contributed by atoms with Gasteiger partial charge in [-0.2, -0.15) is 5.26 Å². The summed E-state index contributed by atoms with van der Waals surface area (Å²) in [6.45, 7) is 1.88. The first-order valence-electron chi connectivity index (χ1n) is 7.89. The minimum atomic E-state index is -0.423. The molecule has 0 saturated heterocycles. The monoisotopic (exact) mass is 462 g/mol. The number of ether oxygens (including phenoxy) is 2. The van der Waals surface area contributed by atoms with E-state index in [1.807, 2.05) is 49.4 Å². The molecular weight excluding hydrogens is 443 g/mol. The number of hydrogen-bond acceptors (Lipinski definition) is 4. The fourth-order valence-corrected chi connectivity index (χ4v) is 3.28. The van der Waals surface area contributed by atoms with Crippen molar-refractivity contribution >= 4 is 34.6 Å². The first kappa shape index (κ1) is 19.8. The molecule has 0 radical (unpaired) electrons. The Hall–Kier alpha value is -2.53. The van der Waals surface area contributed by atoms with E-state index in [1.54, 1.807) is 20.3 Å². The Labute approximate surface area is 166 Å². The van der Waals surface area contributed by atoms with Gasteiger partial charge in [0.05, 0.1) is 23.8 Å². The third-order valence-electron chi connectivity index (χ3n) is 3.78. The van der Waals surface area contributed by atoms with Crippen molar-refractivity contribution in [1.82, 2.24) is 5.32 Å². The van der Waals surface area contributed by atoms with Crippen molar-refractivity contribution in [3.63, 3.8) is 0 Å². The van der Waals surface area contributed by atoms with Gasteiger partial charge >= 0.3 is 0 Å². The third kappa shape index (κ3) is 4.76. The van der Waals surface area contributed by atoms with Gasteiger partial charge in [-0.3, -0.25) is 4.79 Å². The number of rotatable bonds is 6. The van der Waals surface area contributed by atoms with Crippen LogP contribution in [0.25, 0.3) is 6.08 Å². The molecule has 0 aliphatic carbocycles. The number of carbonyl (C=O) groups is 1. The molecule has 1 N–H and O–H groups in total. The van der Waals surface area contributed by atoms with Gasteiger partial charge in [-0.05, 0) is 58.9 Å². The second kappa shape index (κ2) is 9.25. The lowest BCUT2D eigenvalue weighted by Gasteiger charge is -2.14. The summed E-state index contributed by atoms with van der Waals surface area (Å²) in [7, 11) is 3.11. The van der Waals surface area contributed by atoms with Crippen molar-refractivity contribution in [1.29, 1.82) is 5.26 Å². The summed E-state index contributed by atoms with van der Waals surface area (Å²) in [6.07, 6.45) is 1.54. The average Bonchev–Trinajstić information content (AvgIpc) is 2.66. The number of nitrogens with zero attached hydrogens (tertiary/aromatic N) is 1. The molecule has 2 aromatic rings. The minimum Gasteiger partial charge on any atom is -0.493 e. The Kier molecular flexibility index (Phi) is 7.04. The standard InChI is InChI=1S/C20H19IN2O3/c1-13(15-7-5-4-6-8-15)23-20(24)16(12-22)9-14-10-17(21)19(26-3)18(11-14)25-2/h4-11,13H,1-3H3,(H,23,24)/b16-9+/t13-/m1/s1. The van der Waals surface area contributed by atoms with Crippen molar-refractivity contribution in [2.75, 3.05) is 14.2 Å². The van der Waals surface area contributed by atoms with Crippen LogP contribution < -0.4 is 14.8 Å². The topological polar surface area (TPSA) is 71.3 Å². The normalized spacial score (nSPS) is 12.0. The van der Waals surface area contributed by atoms with Crippen LogP contribution in [0.1, 0.15) is 24.1 Å². The molecule has 26 heavy (non-hydrogen) atoms. The first-order chi connectivity index (χ1) is 12.5. The van der Waals surface area contributed by atoms with E-state index < -0.39 is 5.91 Å². The van der Waals surface area contributed by atoms with Crippen molar-refractivity contribution in [3.05, 3.63) is 62.7 Å². The lowest BCUT2D eigenvalue weighted by molar-refractivity contribution is -0.117. The predicted molar refractivity (Wildman–Crippen MR) is 109 cm³/mol. The third-order valence-corrected chi connectivity index (χ3v) is 4.58. The van der Waals surface area contributed by atoms with Gasteiger partial charge in [0.15, 0.2) is 11.5 Å². The van der Waals surface area contributed by atoms with Crippen LogP contribution in [0.4, 0.5) is 0 Å². The maximum absolute atomic E-state index is 12.5. The first-order valence-corrected chi connectivity index (χ1v) is 8.97. The van der Waals surface area contributed by atoms with Crippen LogP contribution in [0, 0.1) is 14.9 Å². The van der Waals surface area contributed by atoms with E-state index in [0.29, 0.717) is 17.1 Å². The number of methoxy groups -OCH3 is 2. The number of halogens is 1. The number of carbonyl (C=O) groups excluding carboxylic acids is 1. The van der Waals surface area contributed by atoms with E-state index in [2.05, 4.69) is 27.9 Å².